The fourth-order valence-electron chi connectivity index (χ4n) is 2.18. The maximum Gasteiger partial charge on any atom is 0.149 e. The number of nitriles is 1. The quantitative estimate of drug-likeness (QED) is 0.720. The monoisotopic (exact) mass is 295 g/mol. The molecule has 0 unspecified atom stereocenters. The van der Waals surface area contributed by atoms with E-state index in [-0.39, 0.29) is 11.1 Å². The van der Waals surface area contributed by atoms with Gasteiger partial charge in [0.1, 0.15) is 23.5 Å². The van der Waals surface area contributed by atoms with E-state index < -0.39 is 11.6 Å². The van der Waals surface area contributed by atoms with E-state index in [4.69, 9.17) is 0 Å². The van der Waals surface area contributed by atoms with Crippen LogP contribution in [0.2, 0.25) is 0 Å². The van der Waals surface area contributed by atoms with E-state index in [2.05, 4.69) is 9.97 Å². The molecule has 1 aromatic heterocycles. The van der Waals surface area contributed by atoms with Crippen LogP contribution in [-0.4, -0.2) is 9.97 Å². The second kappa shape index (κ2) is 5.41. The molecule has 0 aliphatic heterocycles. The van der Waals surface area contributed by atoms with E-state index in [9.17, 15) is 14.0 Å². The van der Waals surface area contributed by atoms with Crippen molar-refractivity contribution in [1.29, 1.82) is 5.26 Å². The minimum atomic E-state index is -0.722. The molecule has 0 amide bonds. The average molecular weight is 295 g/mol. The summed E-state index contributed by atoms with van der Waals surface area (Å²) in [5.41, 5.74) is 2.90. The van der Waals surface area contributed by atoms with Gasteiger partial charge in [0, 0.05) is 11.6 Å². The van der Waals surface area contributed by atoms with Crippen molar-refractivity contribution in [3.63, 3.8) is 0 Å². The molecule has 0 saturated heterocycles. The summed E-state index contributed by atoms with van der Waals surface area (Å²) in [4.78, 5) is 7.37. The zero-order valence-electron chi connectivity index (χ0n) is 11.7. The third kappa shape index (κ3) is 2.59. The van der Waals surface area contributed by atoms with Crippen molar-refractivity contribution >= 4 is 22.7 Å². The highest BCUT2D eigenvalue weighted by molar-refractivity contribution is 5.90. The smallest absolute Gasteiger partial charge is 0.149 e. The molecule has 108 valence electrons. The molecule has 1 N–H and O–H groups in total. The van der Waals surface area contributed by atoms with Crippen LogP contribution in [0, 0.1) is 29.9 Å². The molecule has 1 heterocycles. The lowest BCUT2D eigenvalue weighted by Crippen LogP contribution is -1.88. The van der Waals surface area contributed by atoms with Gasteiger partial charge < -0.3 is 4.98 Å². The Bertz CT molecular complexity index is 933. The second-order valence-corrected chi connectivity index (χ2v) is 4.94. The summed E-state index contributed by atoms with van der Waals surface area (Å²) in [6.07, 6.45) is 1.35. The third-order valence-electron chi connectivity index (χ3n) is 3.28. The molecule has 0 bridgehead atoms. The lowest BCUT2D eigenvalue weighted by molar-refractivity contribution is 0.581. The summed E-state index contributed by atoms with van der Waals surface area (Å²) in [5.74, 6) is -1.03. The van der Waals surface area contributed by atoms with E-state index in [1.54, 1.807) is 0 Å². The summed E-state index contributed by atoms with van der Waals surface area (Å²) in [6.45, 7) is 1.95. The van der Waals surface area contributed by atoms with E-state index in [0.29, 0.717) is 5.82 Å². The largest absolute Gasteiger partial charge is 0.337 e. The maximum absolute atomic E-state index is 13.7. The Labute approximate surface area is 125 Å². The van der Waals surface area contributed by atoms with E-state index in [1.807, 2.05) is 31.2 Å². The average Bonchev–Trinajstić information content (AvgIpc) is 2.89. The van der Waals surface area contributed by atoms with Crippen LogP contribution in [0.5, 0.6) is 0 Å². The zero-order chi connectivity index (χ0) is 15.7. The molecular formula is C17H11F2N3. The summed E-state index contributed by atoms with van der Waals surface area (Å²) < 4.78 is 26.6. The molecule has 0 spiro atoms. The van der Waals surface area contributed by atoms with Gasteiger partial charge in [0.05, 0.1) is 16.6 Å². The molecule has 3 rings (SSSR count). The Morgan fingerprint density at radius 2 is 2.05 bits per heavy atom. The first kappa shape index (κ1) is 14.0. The van der Waals surface area contributed by atoms with Crippen LogP contribution >= 0.6 is 0 Å². The van der Waals surface area contributed by atoms with Crippen LogP contribution in [0.3, 0.4) is 0 Å². The molecule has 5 heteroatoms. The van der Waals surface area contributed by atoms with Crippen LogP contribution < -0.4 is 0 Å². The number of benzene rings is 2. The number of allylic oxidation sites excluding steroid dienone is 1. The number of H-pyrrole nitrogens is 1. The van der Waals surface area contributed by atoms with Gasteiger partial charge in [0.25, 0.3) is 0 Å². The van der Waals surface area contributed by atoms with Crippen molar-refractivity contribution in [2.75, 3.05) is 0 Å². The molecule has 0 saturated carbocycles. The number of aromatic amines is 1. The summed E-state index contributed by atoms with van der Waals surface area (Å²) in [5, 5.41) is 9.29. The standard InChI is InChI=1S/C17H11F2N3/c1-10-2-5-15-16(6-10)22-17(21-15)12(9-20)7-11-3-4-13(18)8-14(11)19/h2-8H,1H3,(H,21,22)/b12-7+. The van der Waals surface area contributed by atoms with E-state index in [0.717, 1.165) is 28.7 Å². The van der Waals surface area contributed by atoms with Crippen molar-refractivity contribution in [1.82, 2.24) is 9.97 Å². The Balaban J connectivity index is 2.09. The van der Waals surface area contributed by atoms with Crippen LogP contribution in [0.1, 0.15) is 17.0 Å². The van der Waals surface area contributed by atoms with Crippen molar-refractivity contribution < 1.29 is 8.78 Å². The number of aryl methyl sites for hydroxylation is 1. The SMILES string of the molecule is Cc1ccc2nc(/C(C#N)=C/c3ccc(F)cc3F)[nH]c2c1. The normalized spacial score (nSPS) is 11.6. The van der Waals surface area contributed by atoms with Gasteiger partial charge in [-0.2, -0.15) is 5.26 Å². The highest BCUT2D eigenvalue weighted by Crippen LogP contribution is 2.21. The second-order valence-electron chi connectivity index (χ2n) is 4.94. The van der Waals surface area contributed by atoms with Crippen LogP contribution in [-0.2, 0) is 0 Å². The minimum absolute atomic E-state index is 0.134. The Morgan fingerprint density at radius 3 is 2.77 bits per heavy atom. The number of fused-ring (bicyclic) bond motifs is 1. The minimum Gasteiger partial charge on any atom is -0.337 e. The van der Waals surface area contributed by atoms with Crippen molar-refractivity contribution in [2.45, 2.75) is 6.92 Å². The van der Waals surface area contributed by atoms with Gasteiger partial charge in [-0.15, -0.1) is 0 Å². The molecule has 0 radical (unpaired) electrons. The molecule has 0 fully saturated rings. The van der Waals surface area contributed by atoms with Gasteiger partial charge in [0.15, 0.2) is 0 Å². The molecule has 22 heavy (non-hydrogen) atoms. The number of hydrogen-bond acceptors (Lipinski definition) is 2. The van der Waals surface area contributed by atoms with Crippen molar-refractivity contribution in [3.8, 4) is 6.07 Å². The summed E-state index contributed by atoms with van der Waals surface area (Å²) in [7, 11) is 0. The topological polar surface area (TPSA) is 52.5 Å². The molecule has 0 aliphatic carbocycles. The zero-order valence-corrected chi connectivity index (χ0v) is 11.7. The first-order chi connectivity index (χ1) is 10.6. The highest BCUT2D eigenvalue weighted by atomic mass is 19.1. The summed E-state index contributed by atoms with van der Waals surface area (Å²) >= 11 is 0. The number of nitrogens with one attached hydrogen (secondary N) is 1. The first-order valence-electron chi connectivity index (χ1n) is 6.60. The number of nitrogens with zero attached hydrogens (tertiary/aromatic N) is 2. The number of aromatic nitrogens is 2. The van der Waals surface area contributed by atoms with Gasteiger partial charge >= 0.3 is 0 Å². The molecule has 0 aliphatic rings. The van der Waals surface area contributed by atoms with Crippen LogP contribution in [0.4, 0.5) is 8.78 Å². The van der Waals surface area contributed by atoms with Crippen LogP contribution in [0.15, 0.2) is 36.4 Å². The predicted molar refractivity (Wildman–Crippen MR) is 80.7 cm³/mol. The summed E-state index contributed by atoms with van der Waals surface area (Å²) in [6, 6.07) is 10.9. The number of halogens is 2. The fraction of sp³-hybridized carbons (Fsp3) is 0.0588. The number of hydrogen-bond donors (Lipinski definition) is 1. The third-order valence-corrected chi connectivity index (χ3v) is 3.28. The lowest BCUT2D eigenvalue weighted by Gasteiger charge is -1.98. The van der Waals surface area contributed by atoms with Gasteiger partial charge in [-0.05, 0) is 42.8 Å². The van der Waals surface area contributed by atoms with Crippen molar-refractivity contribution in [3.05, 3.63) is 65.0 Å². The number of rotatable bonds is 2. The van der Waals surface area contributed by atoms with Gasteiger partial charge in [0.2, 0.25) is 0 Å². The maximum atomic E-state index is 13.7. The Morgan fingerprint density at radius 1 is 1.23 bits per heavy atom. The fourth-order valence-corrected chi connectivity index (χ4v) is 2.18. The van der Waals surface area contributed by atoms with Gasteiger partial charge in [-0.25, -0.2) is 13.8 Å². The first-order valence-corrected chi connectivity index (χ1v) is 6.60. The van der Waals surface area contributed by atoms with Gasteiger partial charge in [-0.1, -0.05) is 6.07 Å². The molecular weight excluding hydrogens is 284 g/mol. The molecule has 3 nitrogen and oxygen atoms in total. The highest BCUT2D eigenvalue weighted by Gasteiger charge is 2.10. The predicted octanol–water partition coefficient (Wildman–Crippen LogP) is 4.21. The Hall–Kier alpha value is -3.00. The van der Waals surface area contributed by atoms with Gasteiger partial charge in [-0.3, -0.25) is 0 Å². The van der Waals surface area contributed by atoms with Crippen LogP contribution in [0.25, 0.3) is 22.7 Å². The van der Waals surface area contributed by atoms with Crippen molar-refractivity contribution in [2.24, 2.45) is 0 Å². The molecule has 0 atom stereocenters. The Kier molecular flexibility index (Phi) is 3.43. The number of imidazole rings is 1. The van der Waals surface area contributed by atoms with E-state index in [1.165, 1.54) is 12.1 Å². The molecule has 3 aromatic rings. The lowest BCUT2D eigenvalue weighted by atomic mass is 10.1. The van der Waals surface area contributed by atoms with E-state index >= 15 is 0 Å². The molecule has 2 aromatic carbocycles.